The molecule has 0 heterocycles. The first kappa shape index (κ1) is 8.63. The van der Waals surface area contributed by atoms with Gasteiger partial charge in [-0.3, -0.25) is 0 Å². The third kappa shape index (κ3) is 1.23. The van der Waals surface area contributed by atoms with Crippen LogP contribution < -0.4 is 5.73 Å². The van der Waals surface area contributed by atoms with Crippen molar-refractivity contribution in [3.8, 4) is 0 Å². The van der Waals surface area contributed by atoms with Crippen molar-refractivity contribution in [2.45, 2.75) is 18.8 Å². The molecule has 1 aliphatic carbocycles. The lowest BCUT2D eigenvalue weighted by atomic mass is 10.0. The van der Waals surface area contributed by atoms with Crippen molar-refractivity contribution in [2.75, 3.05) is 6.54 Å². The van der Waals surface area contributed by atoms with Gasteiger partial charge in [0.25, 0.3) is 0 Å². The monoisotopic (exact) mass is 183 g/mol. The van der Waals surface area contributed by atoms with Crippen LogP contribution in [0.2, 0.25) is 0 Å². The molecule has 0 saturated carbocycles. The van der Waals surface area contributed by atoms with E-state index in [9.17, 15) is 8.78 Å². The van der Waals surface area contributed by atoms with Crippen LogP contribution in [-0.4, -0.2) is 6.54 Å². The highest BCUT2D eigenvalue weighted by Gasteiger charge is 2.25. The molecule has 1 aromatic carbocycles. The average Bonchev–Trinajstić information content (AvgIpc) is 2.55. The van der Waals surface area contributed by atoms with Crippen molar-refractivity contribution < 1.29 is 8.78 Å². The van der Waals surface area contributed by atoms with Gasteiger partial charge in [-0.2, -0.15) is 0 Å². The third-order valence-electron chi connectivity index (χ3n) is 2.70. The van der Waals surface area contributed by atoms with Crippen LogP contribution >= 0.6 is 0 Å². The van der Waals surface area contributed by atoms with E-state index in [4.69, 9.17) is 5.73 Å². The van der Waals surface area contributed by atoms with Crippen molar-refractivity contribution >= 4 is 0 Å². The number of rotatable bonds is 1. The Morgan fingerprint density at radius 3 is 2.85 bits per heavy atom. The summed E-state index contributed by atoms with van der Waals surface area (Å²) in [5, 5.41) is 0. The molecule has 1 unspecified atom stereocenters. The predicted octanol–water partition coefficient (Wildman–Crippen LogP) is 1.95. The van der Waals surface area contributed by atoms with Gasteiger partial charge in [-0.1, -0.05) is 6.07 Å². The molecular weight excluding hydrogens is 172 g/mol. The van der Waals surface area contributed by atoms with Gasteiger partial charge < -0.3 is 5.73 Å². The molecule has 1 aliphatic rings. The number of hydrogen-bond acceptors (Lipinski definition) is 1. The summed E-state index contributed by atoms with van der Waals surface area (Å²) in [5.41, 5.74) is 6.93. The molecule has 0 fully saturated rings. The van der Waals surface area contributed by atoms with Crippen LogP contribution in [0.25, 0.3) is 0 Å². The number of hydrogen-bond donors (Lipinski definition) is 1. The van der Waals surface area contributed by atoms with E-state index >= 15 is 0 Å². The standard InChI is InChI=1S/C10H11F2N/c11-9-4-3-7-6(5-13)1-2-8(7)10(9)12/h3-4,6H,1-2,5,13H2. The Kier molecular flexibility index (Phi) is 2.04. The molecule has 0 bridgehead atoms. The highest BCUT2D eigenvalue weighted by atomic mass is 19.2. The first-order chi connectivity index (χ1) is 6.24. The van der Waals surface area contributed by atoms with Gasteiger partial charge >= 0.3 is 0 Å². The third-order valence-corrected chi connectivity index (χ3v) is 2.70. The van der Waals surface area contributed by atoms with E-state index in [0.717, 1.165) is 12.0 Å². The molecule has 1 nitrogen and oxygen atoms in total. The van der Waals surface area contributed by atoms with E-state index in [1.165, 1.54) is 6.07 Å². The summed E-state index contributed by atoms with van der Waals surface area (Å²) in [6, 6.07) is 2.83. The first-order valence-electron chi connectivity index (χ1n) is 4.41. The van der Waals surface area contributed by atoms with Crippen molar-refractivity contribution in [1.82, 2.24) is 0 Å². The zero-order valence-corrected chi connectivity index (χ0v) is 7.19. The molecule has 0 saturated heterocycles. The van der Waals surface area contributed by atoms with Crippen LogP contribution in [0, 0.1) is 11.6 Å². The van der Waals surface area contributed by atoms with E-state index in [-0.39, 0.29) is 5.92 Å². The number of fused-ring (bicyclic) bond motifs is 1. The van der Waals surface area contributed by atoms with Crippen LogP contribution in [0.5, 0.6) is 0 Å². The highest BCUT2D eigenvalue weighted by molar-refractivity contribution is 5.36. The lowest BCUT2D eigenvalue weighted by Crippen LogP contribution is -2.09. The maximum absolute atomic E-state index is 13.2. The van der Waals surface area contributed by atoms with Crippen LogP contribution in [-0.2, 0) is 6.42 Å². The van der Waals surface area contributed by atoms with E-state index in [0.29, 0.717) is 18.5 Å². The smallest absolute Gasteiger partial charge is 0.162 e. The lowest BCUT2D eigenvalue weighted by molar-refractivity contribution is 0.500. The summed E-state index contributed by atoms with van der Waals surface area (Å²) in [6.45, 7) is 0.512. The van der Waals surface area contributed by atoms with Crippen LogP contribution in [0.1, 0.15) is 23.5 Å². The van der Waals surface area contributed by atoms with Gasteiger partial charge in [-0.05, 0) is 42.5 Å². The van der Waals surface area contributed by atoms with Gasteiger partial charge in [0.1, 0.15) is 0 Å². The second-order valence-corrected chi connectivity index (χ2v) is 3.40. The number of benzene rings is 1. The van der Waals surface area contributed by atoms with Crippen molar-refractivity contribution in [3.63, 3.8) is 0 Å². The molecule has 2 N–H and O–H groups in total. The largest absolute Gasteiger partial charge is 0.330 e. The van der Waals surface area contributed by atoms with Crippen molar-refractivity contribution in [1.29, 1.82) is 0 Å². The summed E-state index contributed by atoms with van der Waals surface area (Å²) in [5.74, 6) is -1.23. The summed E-state index contributed by atoms with van der Waals surface area (Å²) >= 11 is 0. The van der Waals surface area contributed by atoms with Gasteiger partial charge in [0, 0.05) is 0 Å². The van der Waals surface area contributed by atoms with Crippen molar-refractivity contribution in [2.24, 2.45) is 5.73 Å². The lowest BCUT2D eigenvalue weighted by Gasteiger charge is -2.07. The summed E-state index contributed by atoms with van der Waals surface area (Å²) in [6.07, 6.45) is 1.45. The second-order valence-electron chi connectivity index (χ2n) is 3.40. The van der Waals surface area contributed by atoms with Crippen molar-refractivity contribution in [3.05, 3.63) is 34.9 Å². The molecule has 0 aliphatic heterocycles. The average molecular weight is 183 g/mol. The van der Waals surface area contributed by atoms with E-state index in [1.807, 2.05) is 0 Å². The number of halogens is 2. The fourth-order valence-electron chi connectivity index (χ4n) is 1.96. The van der Waals surface area contributed by atoms with Crippen LogP contribution in [0.4, 0.5) is 8.78 Å². The molecule has 13 heavy (non-hydrogen) atoms. The highest BCUT2D eigenvalue weighted by Crippen LogP contribution is 2.34. The SMILES string of the molecule is NCC1CCc2c1ccc(F)c2F. The summed E-state index contributed by atoms with van der Waals surface area (Å²) < 4.78 is 26.0. The topological polar surface area (TPSA) is 26.0 Å². The zero-order valence-electron chi connectivity index (χ0n) is 7.19. The molecule has 70 valence electrons. The molecule has 2 rings (SSSR count). The minimum absolute atomic E-state index is 0.213. The fourth-order valence-corrected chi connectivity index (χ4v) is 1.96. The normalized spacial score (nSPS) is 20.4. The quantitative estimate of drug-likeness (QED) is 0.707. The van der Waals surface area contributed by atoms with Crippen LogP contribution in [0.3, 0.4) is 0 Å². The van der Waals surface area contributed by atoms with Gasteiger partial charge in [0.15, 0.2) is 11.6 Å². The summed E-state index contributed by atoms with van der Waals surface area (Å²) in [4.78, 5) is 0. The Hall–Kier alpha value is -0.960. The van der Waals surface area contributed by atoms with Gasteiger partial charge in [-0.15, -0.1) is 0 Å². The molecule has 0 radical (unpaired) electrons. The molecule has 3 heteroatoms. The first-order valence-corrected chi connectivity index (χ1v) is 4.41. The minimum Gasteiger partial charge on any atom is -0.330 e. The van der Waals surface area contributed by atoms with Gasteiger partial charge in [-0.25, -0.2) is 8.78 Å². The molecule has 1 aromatic rings. The fraction of sp³-hybridized carbons (Fsp3) is 0.400. The zero-order chi connectivity index (χ0) is 9.42. The van der Waals surface area contributed by atoms with E-state index < -0.39 is 11.6 Å². The van der Waals surface area contributed by atoms with E-state index in [1.54, 1.807) is 6.07 Å². The molecule has 1 atom stereocenters. The molecule has 0 amide bonds. The summed E-state index contributed by atoms with van der Waals surface area (Å²) in [7, 11) is 0. The Bertz CT molecular complexity index is 336. The number of nitrogens with two attached hydrogens (primary N) is 1. The Morgan fingerprint density at radius 1 is 1.38 bits per heavy atom. The van der Waals surface area contributed by atoms with Crippen LogP contribution in [0.15, 0.2) is 12.1 Å². The van der Waals surface area contributed by atoms with E-state index in [2.05, 4.69) is 0 Å². The minimum atomic E-state index is -0.753. The molecular formula is C10H11F2N. The maximum Gasteiger partial charge on any atom is 0.162 e. The molecule has 0 aromatic heterocycles. The molecule has 0 spiro atoms. The maximum atomic E-state index is 13.2. The van der Waals surface area contributed by atoms with Gasteiger partial charge in [0.2, 0.25) is 0 Å². The Morgan fingerprint density at radius 2 is 2.15 bits per heavy atom. The predicted molar refractivity (Wildman–Crippen MR) is 46.5 cm³/mol. The second kappa shape index (κ2) is 3.07. The van der Waals surface area contributed by atoms with Gasteiger partial charge in [0.05, 0.1) is 0 Å². The Labute approximate surface area is 75.6 Å². The Balaban J connectivity index is 2.50.